The second kappa shape index (κ2) is 33.8. The average Bonchev–Trinajstić information content (AvgIpc) is 3.53. The normalized spacial score (nSPS) is 11.1. The lowest BCUT2D eigenvalue weighted by atomic mass is 10.0. The van der Waals surface area contributed by atoms with E-state index >= 15 is 0 Å². The molecule has 0 radical (unpaired) electrons. The van der Waals surface area contributed by atoms with E-state index < -0.39 is 17.9 Å². The van der Waals surface area contributed by atoms with Crippen LogP contribution >= 0.6 is 51.2 Å². The van der Waals surface area contributed by atoms with Crippen molar-refractivity contribution in [2.75, 3.05) is 5.33 Å². The summed E-state index contributed by atoms with van der Waals surface area (Å²) in [6.45, 7) is 6.30. The molecule has 0 N–H and O–H groups in total. The van der Waals surface area contributed by atoms with Crippen LogP contribution < -0.4 is 0 Å². The van der Waals surface area contributed by atoms with Gasteiger partial charge in [0.05, 0.1) is 12.8 Å². The Balaban J connectivity index is 0.000000196. The van der Waals surface area contributed by atoms with Crippen molar-refractivity contribution in [1.29, 1.82) is 0 Å². The Hall–Kier alpha value is -8.54. The quantitative estimate of drug-likeness (QED) is 0.0158. The molecule has 0 unspecified atom stereocenters. The maximum absolute atomic E-state index is 13.0. The molecule has 81 heavy (non-hydrogen) atoms. The Kier molecular flexibility index (Phi) is 25.7. The predicted molar refractivity (Wildman–Crippen MR) is 325 cm³/mol. The lowest BCUT2D eigenvalue weighted by Gasteiger charge is -2.07. The molecule has 0 spiro atoms. The second-order valence-electron chi connectivity index (χ2n) is 16.9. The molecule has 8 rings (SSSR count). The van der Waals surface area contributed by atoms with Crippen molar-refractivity contribution in [3.8, 4) is 0 Å². The van der Waals surface area contributed by atoms with Gasteiger partial charge in [0, 0.05) is 69.4 Å². The zero-order chi connectivity index (χ0) is 57.6. The number of carbonyl (C=O) groups is 6. The van der Waals surface area contributed by atoms with Crippen LogP contribution in [0.25, 0.3) is 0 Å². The fourth-order valence-corrected chi connectivity index (χ4v) is 9.61. The Bertz CT molecular complexity index is 3440. The van der Waals surface area contributed by atoms with Gasteiger partial charge in [0.15, 0.2) is 11.4 Å². The molecule has 8 aromatic carbocycles. The first kappa shape index (κ1) is 61.7. The molecule has 0 aliphatic rings. The number of nitrogens with zero attached hydrogens (tertiary/aromatic N) is 3. The first-order chi connectivity index (χ1) is 39.4. The number of hydrogen-bond donors (Lipinski definition) is 0. The van der Waals surface area contributed by atoms with Gasteiger partial charge in [-0.3, -0.25) is 14.4 Å². The molecule has 0 atom stereocenters. The summed E-state index contributed by atoms with van der Waals surface area (Å²) < 4.78 is 0. The molecule has 0 saturated heterocycles. The van der Waals surface area contributed by atoms with E-state index in [4.69, 9.17) is 14.5 Å². The number of ketones is 3. The Morgan fingerprint density at radius 2 is 0.704 bits per heavy atom. The summed E-state index contributed by atoms with van der Waals surface area (Å²) in [7, 11) is 0. The van der Waals surface area contributed by atoms with Gasteiger partial charge in [-0.2, -0.15) is 0 Å². The van der Waals surface area contributed by atoms with Crippen LogP contribution in [-0.4, -0.2) is 57.7 Å². The molecule has 0 bridgehead atoms. The standard InChI is InChI=1S/C23H18BrNO3S.C22H17NO3S.C20H19NO3S/c24-16-15-21(26)28-25-22(17-7-3-1-4-8-17)23(27)18-11-13-20(14-12-18)29-19-9-5-2-6-10-19;1-16(24)26-23-21(17-8-4-2-5-9-17)22(25)18-12-14-20(15-13-18)27-19-10-6-3-7-11-19;1-3-4-10-19(22)24-21-15(2)20(23)16-11-13-18(14-12-16)25-17-8-6-5-7-9-17/h1-14H,15-16H2;2-15H,1H3;3,5-9,11-14H,1,4,10H2,2H3/b25-22+;23-21+;21-15+. The smallest absolute Gasteiger partial charge is 0.318 e. The minimum absolute atomic E-state index is 0.0919. The molecule has 0 aliphatic heterocycles. The van der Waals surface area contributed by atoms with Crippen molar-refractivity contribution in [1.82, 2.24) is 0 Å². The molecule has 0 fully saturated rings. The van der Waals surface area contributed by atoms with Crippen molar-refractivity contribution in [3.05, 3.63) is 265 Å². The highest BCUT2D eigenvalue weighted by atomic mass is 79.9. The summed E-state index contributed by atoms with van der Waals surface area (Å²) in [5, 5.41) is 11.7. The molecule has 0 saturated carbocycles. The highest BCUT2D eigenvalue weighted by Gasteiger charge is 2.20. The van der Waals surface area contributed by atoms with Crippen molar-refractivity contribution < 1.29 is 43.3 Å². The fraction of sp³-hybridized carbons (Fsp3) is 0.0923. The van der Waals surface area contributed by atoms with Crippen molar-refractivity contribution in [3.63, 3.8) is 0 Å². The minimum Gasteiger partial charge on any atom is -0.318 e. The van der Waals surface area contributed by atoms with Crippen LogP contribution in [0.3, 0.4) is 0 Å². The monoisotopic (exact) mass is 1200 g/mol. The molecule has 8 aromatic rings. The lowest BCUT2D eigenvalue weighted by molar-refractivity contribution is -0.144. The van der Waals surface area contributed by atoms with Crippen LogP contribution in [0.15, 0.2) is 282 Å². The third-order valence-corrected chi connectivity index (χ3v) is 14.2. The van der Waals surface area contributed by atoms with Gasteiger partial charge in [-0.05, 0) is 123 Å². The molecule has 12 nitrogen and oxygen atoms in total. The molecular formula is C65H54BrN3O9S3. The van der Waals surface area contributed by atoms with E-state index in [-0.39, 0.29) is 47.3 Å². The largest absolute Gasteiger partial charge is 0.335 e. The molecule has 0 aliphatic carbocycles. The number of halogens is 1. The first-order valence-electron chi connectivity index (χ1n) is 25.1. The molecule has 0 heterocycles. The topological polar surface area (TPSA) is 167 Å². The number of rotatable bonds is 22. The van der Waals surface area contributed by atoms with Crippen LogP contribution in [0.2, 0.25) is 0 Å². The lowest BCUT2D eigenvalue weighted by Crippen LogP contribution is -2.17. The number of allylic oxidation sites excluding steroid dienone is 1. The molecule has 0 aromatic heterocycles. The van der Waals surface area contributed by atoms with Gasteiger partial charge in [0.1, 0.15) is 5.71 Å². The van der Waals surface area contributed by atoms with Gasteiger partial charge in [0.25, 0.3) is 0 Å². The molecule has 16 heteroatoms. The number of oxime groups is 3. The van der Waals surface area contributed by atoms with Gasteiger partial charge in [-0.25, -0.2) is 14.4 Å². The van der Waals surface area contributed by atoms with Crippen molar-refractivity contribution in [2.24, 2.45) is 15.5 Å². The van der Waals surface area contributed by atoms with Crippen LogP contribution in [0.4, 0.5) is 0 Å². The summed E-state index contributed by atoms with van der Waals surface area (Å²) in [4.78, 5) is 93.3. The zero-order valence-electron chi connectivity index (χ0n) is 44.1. The van der Waals surface area contributed by atoms with Gasteiger partial charge in [0.2, 0.25) is 17.3 Å². The molecule has 408 valence electrons. The van der Waals surface area contributed by atoms with E-state index in [1.165, 1.54) is 13.8 Å². The maximum atomic E-state index is 13.0. The van der Waals surface area contributed by atoms with E-state index in [0.29, 0.717) is 39.6 Å². The van der Waals surface area contributed by atoms with Gasteiger partial charge >= 0.3 is 17.9 Å². The van der Waals surface area contributed by atoms with Gasteiger partial charge < -0.3 is 14.5 Å². The number of benzene rings is 8. The van der Waals surface area contributed by atoms with Crippen molar-refractivity contribution in [2.45, 2.75) is 62.5 Å². The van der Waals surface area contributed by atoms with E-state index in [0.717, 1.165) is 29.4 Å². The van der Waals surface area contributed by atoms with Crippen LogP contribution in [0.5, 0.6) is 0 Å². The molecular weight excluding hydrogens is 1140 g/mol. The Morgan fingerprint density at radius 1 is 0.395 bits per heavy atom. The van der Waals surface area contributed by atoms with E-state index in [2.05, 4.69) is 38.0 Å². The Labute approximate surface area is 491 Å². The summed E-state index contributed by atoms with van der Waals surface area (Å²) in [6.07, 6.45) is 2.50. The highest BCUT2D eigenvalue weighted by molar-refractivity contribution is 9.09. The van der Waals surface area contributed by atoms with E-state index in [1.54, 1.807) is 126 Å². The van der Waals surface area contributed by atoms with E-state index in [9.17, 15) is 28.8 Å². The minimum atomic E-state index is -0.578. The second-order valence-corrected chi connectivity index (χ2v) is 21.1. The fourth-order valence-electron chi connectivity index (χ4n) is 6.78. The average molecular weight is 1200 g/mol. The summed E-state index contributed by atoms with van der Waals surface area (Å²) in [5.74, 6) is -2.45. The van der Waals surface area contributed by atoms with Crippen LogP contribution in [0.1, 0.15) is 75.3 Å². The highest BCUT2D eigenvalue weighted by Crippen LogP contribution is 2.30. The van der Waals surface area contributed by atoms with Crippen LogP contribution in [0, 0.1) is 0 Å². The first-order valence-corrected chi connectivity index (χ1v) is 28.7. The number of hydrogen-bond acceptors (Lipinski definition) is 15. The van der Waals surface area contributed by atoms with Crippen LogP contribution in [-0.2, 0) is 28.9 Å². The third-order valence-electron chi connectivity index (χ3n) is 10.8. The van der Waals surface area contributed by atoms with E-state index in [1.807, 2.05) is 140 Å². The summed E-state index contributed by atoms with van der Waals surface area (Å²) in [5.41, 5.74) is 2.95. The SMILES string of the molecule is C=CCCC(=O)O/N=C(\C)C(=O)c1ccc(Sc2ccccc2)cc1.CC(=O)O/N=C(/C(=O)c1ccc(Sc2ccccc2)cc1)c1ccccc1.O=C(CCBr)O/N=C(/C(=O)c1ccc(Sc2ccccc2)cc1)c1ccccc1. The third kappa shape index (κ3) is 21.2. The predicted octanol–water partition coefficient (Wildman–Crippen LogP) is 15.6. The summed E-state index contributed by atoms with van der Waals surface area (Å²) in [6, 6.07) is 69.7. The molecule has 0 amide bonds. The summed E-state index contributed by atoms with van der Waals surface area (Å²) >= 11 is 8.03. The maximum Gasteiger partial charge on any atom is 0.335 e. The zero-order valence-corrected chi connectivity index (χ0v) is 48.1. The number of alkyl halides is 1. The van der Waals surface area contributed by atoms with Crippen molar-refractivity contribution >= 4 is 104 Å². The van der Waals surface area contributed by atoms with Gasteiger partial charge in [-0.1, -0.05) is 188 Å². The number of carbonyl (C=O) groups excluding carboxylic acids is 6. The van der Waals surface area contributed by atoms with Gasteiger partial charge in [-0.15, -0.1) is 6.58 Å². The number of Topliss-reactive ketones (excluding diaryl/α,β-unsaturated/α-hetero) is 3. The Morgan fingerprint density at radius 3 is 1.05 bits per heavy atom.